The molecule has 0 amide bonds. The van der Waals surface area contributed by atoms with Gasteiger partial charge in [-0.05, 0) is 41.3 Å². The standard InChI is InChI=1S/C18H19NO4/c1-9-11-2-3-14(20)18(23)13(11)8-19-5-4-10-6-15(21)16(22)7-12(10)17(9)19/h2-3,6-7,9,17,20-23H,4-5,8H2,1H3/t9-,17+/m0/s1. The molecule has 120 valence electrons. The van der Waals surface area contributed by atoms with Gasteiger partial charge in [-0.1, -0.05) is 13.0 Å². The molecule has 2 atom stereocenters. The van der Waals surface area contributed by atoms with Crippen LogP contribution in [-0.2, 0) is 13.0 Å². The number of rotatable bonds is 0. The molecular weight excluding hydrogens is 294 g/mol. The first kappa shape index (κ1) is 14.2. The molecule has 0 bridgehead atoms. The highest BCUT2D eigenvalue weighted by Gasteiger charge is 2.38. The molecule has 2 aliphatic heterocycles. The lowest BCUT2D eigenvalue weighted by Gasteiger charge is -2.45. The Bertz CT molecular complexity index is 802. The monoisotopic (exact) mass is 313 g/mol. The van der Waals surface area contributed by atoms with E-state index in [-0.39, 0.29) is 35.0 Å². The summed E-state index contributed by atoms with van der Waals surface area (Å²) in [5.74, 6) is -0.199. The maximum atomic E-state index is 10.2. The Labute approximate surface area is 134 Å². The maximum Gasteiger partial charge on any atom is 0.162 e. The summed E-state index contributed by atoms with van der Waals surface area (Å²) in [6.07, 6.45) is 0.779. The van der Waals surface area contributed by atoms with Crippen LogP contribution < -0.4 is 0 Å². The van der Waals surface area contributed by atoms with E-state index in [1.54, 1.807) is 12.1 Å². The van der Waals surface area contributed by atoms with Crippen molar-refractivity contribution in [2.24, 2.45) is 0 Å². The minimum atomic E-state index is -0.0999. The first-order valence-corrected chi connectivity index (χ1v) is 7.80. The van der Waals surface area contributed by atoms with E-state index in [0.717, 1.165) is 35.2 Å². The first-order chi connectivity index (χ1) is 11.0. The van der Waals surface area contributed by atoms with Gasteiger partial charge in [0.05, 0.1) is 0 Å². The molecule has 5 nitrogen and oxygen atoms in total. The second-order valence-electron chi connectivity index (χ2n) is 6.49. The molecule has 2 aromatic carbocycles. The fourth-order valence-electron chi connectivity index (χ4n) is 4.10. The van der Waals surface area contributed by atoms with E-state index in [1.165, 1.54) is 6.07 Å². The highest BCUT2D eigenvalue weighted by Crippen LogP contribution is 2.50. The normalized spacial score (nSPS) is 23.0. The number of phenols is 4. The Hall–Kier alpha value is -2.40. The van der Waals surface area contributed by atoms with Gasteiger partial charge in [-0.3, -0.25) is 4.90 Å². The number of nitrogens with zero attached hydrogens (tertiary/aromatic N) is 1. The van der Waals surface area contributed by atoms with Crippen molar-refractivity contribution in [1.29, 1.82) is 0 Å². The topological polar surface area (TPSA) is 84.2 Å². The zero-order valence-electron chi connectivity index (χ0n) is 12.8. The minimum Gasteiger partial charge on any atom is -0.504 e. The van der Waals surface area contributed by atoms with Crippen molar-refractivity contribution in [3.63, 3.8) is 0 Å². The van der Waals surface area contributed by atoms with Crippen LogP contribution in [-0.4, -0.2) is 31.9 Å². The summed E-state index contributed by atoms with van der Waals surface area (Å²) in [7, 11) is 0. The third kappa shape index (κ3) is 1.96. The van der Waals surface area contributed by atoms with Crippen molar-refractivity contribution in [3.8, 4) is 23.0 Å². The van der Waals surface area contributed by atoms with Crippen LogP contribution >= 0.6 is 0 Å². The third-order valence-corrected chi connectivity index (χ3v) is 5.24. The van der Waals surface area contributed by atoms with Crippen LogP contribution in [0.1, 0.15) is 41.1 Å². The number of benzene rings is 2. The Balaban J connectivity index is 1.86. The van der Waals surface area contributed by atoms with Crippen LogP contribution in [0.2, 0.25) is 0 Å². The third-order valence-electron chi connectivity index (χ3n) is 5.24. The van der Waals surface area contributed by atoms with E-state index in [4.69, 9.17) is 0 Å². The van der Waals surface area contributed by atoms with E-state index >= 15 is 0 Å². The fraction of sp³-hybridized carbons (Fsp3) is 0.333. The largest absolute Gasteiger partial charge is 0.504 e. The van der Waals surface area contributed by atoms with Gasteiger partial charge >= 0.3 is 0 Å². The predicted molar refractivity (Wildman–Crippen MR) is 84.8 cm³/mol. The summed E-state index contributed by atoms with van der Waals surface area (Å²) in [6, 6.07) is 6.78. The molecule has 5 heteroatoms. The van der Waals surface area contributed by atoms with Gasteiger partial charge in [-0.2, -0.15) is 0 Å². The van der Waals surface area contributed by atoms with Gasteiger partial charge in [0.15, 0.2) is 23.0 Å². The molecule has 0 unspecified atom stereocenters. The molecule has 4 N–H and O–H groups in total. The molecule has 23 heavy (non-hydrogen) atoms. The molecule has 0 fully saturated rings. The molecule has 0 saturated carbocycles. The van der Waals surface area contributed by atoms with Crippen molar-refractivity contribution >= 4 is 0 Å². The van der Waals surface area contributed by atoms with Crippen molar-refractivity contribution in [3.05, 3.63) is 46.5 Å². The fourth-order valence-corrected chi connectivity index (χ4v) is 4.10. The van der Waals surface area contributed by atoms with Crippen LogP contribution in [0.15, 0.2) is 24.3 Å². The number of hydrogen-bond acceptors (Lipinski definition) is 5. The van der Waals surface area contributed by atoms with Crippen LogP contribution in [0.5, 0.6) is 23.0 Å². The Morgan fingerprint density at radius 1 is 0.957 bits per heavy atom. The number of fused-ring (bicyclic) bond motifs is 4. The van der Waals surface area contributed by atoms with Crippen LogP contribution in [0.3, 0.4) is 0 Å². The molecule has 0 saturated heterocycles. The predicted octanol–water partition coefficient (Wildman–Crippen LogP) is 2.73. The molecule has 2 aliphatic rings. The van der Waals surface area contributed by atoms with E-state index in [9.17, 15) is 20.4 Å². The zero-order chi connectivity index (χ0) is 16.3. The molecule has 0 radical (unpaired) electrons. The van der Waals surface area contributed by atoms with Gasteiger partial charge < -0.3 is 20.4 Å². The molecule has 0 spiro atoms. The Morgan fingerprint density at radius 2 is 1.70 bits per heavy atom. The van der Waals surface area contributed by atoms with Gasteiger partial charge in [0, 0.05) is 30.6 Å². The van der Waals surface area contributed by atoms with Gasteiger partial charge in [0.1, 0.15) is 0 Å². The number of phenolic OH excluding ortho intramolecular Hbond substituents is 4. The van der Waals surface area contributed by atoms with E-state index in [0.29, 0.717) is 6.54 Å². The van der Waals surface area contributed by atoms with E-state index < -0.39 is 0 Å². The zero-order valence-corrected chi connectivity index (χ0v) is 12.8. The van der Waals surface area contributed by atoms with Gasteiger partial charge in [0.2, 0.25) is 0 Å². The summed E-state index contributed by atoms with van der Waals surface area (Å²) in [5, 5.41) is 39.6. The minimum absolute atomic E-state index is 0.0350. The van der Waals surface area contributed by atoms with Gasteiger partial charge in [0.25, 0.3) is 0 Å². The second-order valence-corrected chi connectivity index (χ2v) is 6.49. The molecule has 2 aromatic rings. The lowest BCUT2D eigenvalue weighted by Crippen LogP contribution is -2.41. The number of aromatic hydroxyl groups is 4. The molecule has 0 aromatic heterocycles. The summed E-state index contributed by atoms with van der Waals surface area (Å²) < 4.78 is 0. The molecular formula is C18H19NO4. The summed E-state index contributed by atoms with van der Waals surface area (Å²) in [5.41, 5.74) is 3.87. The van der Waals surface area contributed by atoms with Crippen molar-refractivity contribution in [2.75, 3.05) is 6.54 Å². The van der Waals surface area contributed by atoms with Crippen LogP contribution in [0, 0.1) is 0 Å². The quantitative estimate of drug-likeness (QED) is 0.562. The molecule has 0 aliphatic carbocycles. The molecule has 2 heterocycles. The van der Waals surface area contributed by atoms with Gasteiger partial charge in [-0.15, -0.1) is 0 Å². The second kappa shape index (κ2) is 4.80. The highest BCUT2D eigenvalue weighted by molar-refractivity contribution is 5.54. The average molecular weight is 313 g/mol. The van der Waals surface area contributed by atoms with Crippen molar-refractivity contribution < 1.29 is 20.4 Å². The van der Waals surface area contributed by atoms with E-state index in [1.807, 2.05) is 6.07 Å². The Kier molecular flexibility index (Phi) is 2.96. The summed E-state index contributed by atoms with van der Waals surface area (Å²) in [4.78, 5) is 2.25. The van der Waals surface area contributed by atoms with Crippen molar-refractivity contribution in [1.82, 2.24) is 4.90 Å². The lowest BCUT2D eigenvalue weighted by molar-refractivity contribution is 0.136. The highest BCUT2D eigenvalue weighted by atomic mass is 16.3. The first-order valence-electron chi connectivity index (χ1n) is 7.80. The maximum absolute atomic E-state index is 10.2. The van der Waals surface area contributed by atoms with Crippen LogP contribution in [0.4, 0.5) is 0 Å². The number of hydrogen-bond donors (Lipinski definition) is 4. The van der Waals surface area contributed by atoms with Gasteiger partial charge in [-0.25, -0.2) is 0 Å². The SMILES string of the molecule is C[C@H]1c2ccc(O)c(O)c2CN2CCc3cc(O)c(O)cc3[C@@H]12. The smallest absolute Gasteiger partial charge is 0.162 e. The summed E-state index contributed by atoms with van der Waals surface area (Å²) >= 11 is 0. The van der Waals surface area contributed by atoms with E-state index in [2.05, 4.69) is 11.8 Å². The summed E-state index contributed by atoms with van der Waals surface area (Å²) in [6.45, 7) is 3.46. The lowest BCUT2D eigenvalue weighted by atomic mass is 9.77. The van der Waals surface area contributed by atoms with Crippen LogP contribution in [0.25, 0.3) is 0 Å². The van der Waals surface area contributed by atoms with Crippen molar-refractivity contribution in [2.45, 2.75) is 31.8 Å². The average Bonchev–Trinajstić information content (AvgIpc) is 2.52. The Morgan fingerprint density at radius 3 is 2.48 bits per heavy atom. The molecule has 4 rings (SSSR count).